The van der Waals surface area contributed by atoms with Gasteiger partial charge in [0.2, 0.25) is 0 Å². The molecule has 0 fully saturated rings. The predicted molar refractivity (Wildman–Crippen MR) is 89.8 cm³/mol. The lowest BCUT2D eigenvalue weighted by Crippen LogP contribution is -2.46. The predicted octanol–water partition coefficient (Wildman–Crippen LogP) is 4.59. The van der Waals surface area contributed by atoms with Crippen molar-refractivity contribution in [1.29, 1.82) is 0 Å². The van der Waals surface area contributed by atoms with Crippen molar-refractivity contribution in [3.8, 4) is 0 Å². The molecular weight excluding hydrogens is 286 g/mol. The van der Waals surface area contributed by atoms with Crippen molar-refractivity contribution in [2.45, 2.75) is 39.3 Å². The van der Waals surface area contributed by atoms with Crippen LogP contribution in [0.3, 0.4) is 0 Å². The lowest BCUT2D eigenvalue weighted by Gasteiger charge is -2.42. The van der Waals surface area contributed by atoms with Crippen molar-refractivity contribution in [2.24, 2.45) is 5.92 Å². The van der Waals surface area contributed by atoms with Gasteiger partial charge in [0.25, 0.3) is 5.91 Å². The van der Waals surface area contributed by atoms with E-state index in [0.29, 0.717) is 6.54 Å². The summed E-state index contributed by atoms with van der Waals surface area (Å²) in [5.41, 5.74) is 4.00. The summed E-state index contributed by atoms with van der Waals surface area (Å²) in [6, 6.07) is 10.1. The second-order valence-electron chi connectivity index (χ2n) is 6.46. The first-order valence-electron chi connectivity index (χ1n) is 8.29. The summed E-state index contributed by atoms with van der Waals surface area (Å²) in [4.78, 5) is 15.2. The molecule has 0 saturated heterocycles. The van der Waals surface area contributed by atoms with Crippen LogP contribution >= 0.6 is 0 Å². The Morgan fingerprint density at radius 3 is 2.87 bits per heavy atom. The second kappa shape index (κ2) is 4.85. The van der Waals surface area contributed by atoms with Crippen molar-refractivity contribution in [3.05, 3.63) is 65.1 Å². The molecule has 0 saturated carbocycles. The highest BCUT2D eigenvalue weighted by Crippen LogP contribution is 2.53. The second-order valence-corrected chi connectivity index (χ2v) is 6.46. The average Bonchev–Trinajstić information content (AvgIpc) is 3.09. The standard InChI is InChI=1S/C20H21NO2/c1-4-15-13(3)20(5-2)17-9-7-6-8-16(17)19(22)21(20)12-14-10-11-23-18(14)15/h4,6-11,13H,5,12H2,1-3H3/b15-4-. The zero-order valence-corrected chi connectivity index (χ0v) is 13.8. The van der Waals surface area contributed by atoms with Gasteiger partial charge in [-0.1, -0.05) is 38.1 Å². The third kappa shape index (κ3) is 1.62. The Balaban J connectivity index is 2.02. The quantitative estimate of drug-likeness (QED) is 0.772. The van der Waals surface area contributed by atoms with Crippen LogP contribution in [0.4, 0.5) is 0 Å². The molecular formula is C20H21NO2. The van der Waals surface area contributed by atoms with Crippen LogP contribution in [-0.2, 0) is 12.1 Å². The van der Waals surface area contributed by atoms with Gasteiger partial charge in [-0.15, -0.1) is 0 Å². The van der Waals surface area contributed by atoms with Gasteiger partial charge in [0.1, 0.15) is 5.76 Å². The summed E-state index contributed by atoms with van der Waals surface area (Å²) < 4.78 is 5.78. The Morgan fingerprint density at radius 2 is 2.13 bits per heavy atom. The van der Waals surface area contributed by atoms with E-state index in [0.717, 1.165) is 28.9 Å². The third-order valence-corrected chi connectivity index (χ3v) is 5.72. The SMILES string of the molecule is C/C=C1\c2occc2CN2C(=O)c3ccccc3C2(CC)C1C. The lowest BCUT2D eigenvalue weighted by molar-refractivity contribution is 0.0412. The van der Waals surface area contributed by atoms with Crippen molar-refractivity contribution >= 4 is 11.5 Å². The van der Waals surface area contributed by atoms with E-state index < -0.39 is 0 Å². The molecule has 2 aliphatic rings. The summed E-state index contributed by atoms with van der Waals surface area (Å²) in [7, 11) is 0. The number of amides is 1. The molecule has 23 heavy (non-hydrogen) atoms. The summed E-state index contributed by atoms with van der Waals surface area (Å²) >= 11 is 0. The van der Waals surface area contributed by atoms with Crippen LogP contribution in [0, 0.1) is 5.92 Å². The molecule has 0 bridgehead atoms. The average molecular weight is 307 g/mol. The molecule has 0 N–H and O–H groups in total. The van der Waals surface area contributed by atoms with Crippen molar-refractivity contribution in [3.63, 3.8) is 0 Å². The number of hydrogen-bond donors (Lipinski definition) is 0. The van der Waals surface area contributed by atoms with Gasteiger partial charge in [0.15, 0.2) is 0 Å². The maximum Gasteiger partial charge on any atom is 0.255 e. The van der Waals surface area contributed by atoms with E-state index in [2.05, 4.69) is 37.8 Å². The van der Waals surface area contributed by atoms with Crippen LogP contribution in [0.2, 0.25) is 0 Å². The zero-order chi connectivity index (χ0) is 16.2. The van der Waals surface area contributed by atoms with Crippen LogP contribution in [0.25, 0.3) is 5.57 Å². The van der Waals surface area contributed by atoms with E-state index in [4.69, 9.17) is 4.42 Å². The third-order valence-electron chi connectivity index (χ3n) is 5.72. The maximum atomic E-state index is 13.1. The molecule has 3 nitrogen and oxygen atoms in total. The number of nitrogens with zero attached hydrogens (tertiary/aromatic N) is 1. The molecule has 2 aromatic rings. The van der Waals surface area contributed by atoms with Crippen LogP contribution in [0.5, 0.6) is 0 Å². The van der Waals surface area contributed by atoms with E-state index in [1.54, 1.807) is 6.26 Å². The number of allylic oxidation sites excluding steroid dienone is 1. The maximum absolute atomic E-state index is 13.1. The molecule has 0 spiro atoms. The van der Waals surface area contributed by atoms with Gasteiger partial charge in [0, 0.05) is 17.0 Å². The Kier molecular flexibility index (Phi) is 3.02. The zero-order valence-electron chi connectivity index (χ0n) is 13.8. The summed E-state index contributed by atoms with van der Waals surface area (Å²) in [6.45, 7) is 7.06. The number of carbonyl (C=O) groups excluding carboxylic acids is 1. The van der Waals surface area contributed by atoms with Gasteiger partial charge in [-0.3, -0.25) is 4.79 Å². The Labute approximate surface area is 136 Å². The van der Waals surface area contributed by atoms with Gasteiger partial charge in [-0.05, 0) is 36.6 Å². The smallest absolute Gasteiger partial charge is 0.255 e. The minimum atomic E-state index is -0.295. The molecule has 0 aliphatic carbocycles. The monoisotopic (exact) mass is 307 g/mol. The highest BCUT2D eigenvalue weighted by molar-refractivity contribution is 6.00. The Bertz CT molecular complexity index is 817. The Morgan fingerprint density at radius 1 is 1.35 bits per heavy atom. The van der Waals surface area contributed by atoms with E-state index in [-0.39, 0.29) is 17.4 Å². The first-order valence-corrected chi connectivity index (χ1v) is 8.29. The summed E-state index contributed by atoms with van der Waals surface area (Å²) in [6.07, 6.45) is 4.76. The van der Waals surface area contributed by atoms with E-state index in [9.17, 15) is 4.79 Å². The van der Waals surface area contributed by atoms with Crippen molar-refractivity contribution in [1.82, 2.24) is 4.90 Å². The molecule has 0 radical (unpaired) electrons. The molecule has 2 aliphatic heterocycles. The lowest BCUT2D eigenvalue weighted by atomic mass is 9.73. The van der Waals surface area contributed by atoms with Crippen molar-refractivity contribution in [2.75, 3.05) is 0 Å². The number of hydrogen-bond acceptors (Lipinski definition) is 2. The first kappa shape index (κ1) is 14.3. The van der Waals surface area contributed by atoms with E-state index >= 15 is 0 Å². The molecule has 1 aromatic carbocycles. The molecule has 2 atom stereocenters. The van der Waals surface area contributed by atoms with Gasteiger partial charge < -0.3 is 9.32 Å². The van der Waals surface area contributed by atoms with Gasteiger partial charge in [-0.25, -0.2) is 0 Å². The fraction of sp³-hybridized carbons (Fsp3) is 0.350. The normalized spacial score (nSPS) is 27.6. The largest absolute Gasteiger partial charge is 0.464 e. The molecule has 1 aromatic heterocycles. The number of fused-ring (bicyclic) bond motifs is 4. The highest BCUT2D eigenvalue weighted by Gasteiger charge is 2.54. The molecule has 2 unspecified atom stereocenters. The highest BCUT2D eigenvalue weighted by atomic mass is 16.3. The van der Waals surface area contributed by atoms with E-state index in [1.807, 2.05) is 24.3 Å². The molecule has 3 heterocycles. The van der Waals surface area contributed by atoms with Gasteiger partial charge in [0.05, 0.1) is 18.3 Å². The van der Waals surface area contributed by atoms with Crippen LogP contribution in [0.1, 0.15) is 54.4 Å². The van der Waals surface area contributed by atoms with Crippen LogP contribution in [-0.4, -0.2) is 10.8 Å². The fourth-order valence-electron chi connectivity index (χ4n) is 4.61. The van der Waals surface area contributed by atoms with Gasteiger partial charge in [-0.2, -0.15) is 0 Å². The molecule has 1 amide bonds. The number of rotatable bonds is 1. The molecule has 4 rings (SSSR count). The van der Waals surface area contributed by atoms with Crippen LogP contribution in [0.15, 0.2) is 47.1 Å². The fourth-order valence-corrected chi connectivity index (χ4v) is 4.61. The number of carbonyl (C=O) groups is 1. The van der Waals surface area contributed by atoms with Crippen molar-refractivity contribution < 1.29 is 9.21 Å². The van der Waals surface area contributed by atoms with E-state index in [1.165, 1.54) is 5.57 Å². The number of benzene rings is 1. The summed E-state index contributed by atoms with van der Waals surface area (Å²) in [5.74, 6) is 1.25. The number of furan rings is 1. The summed E-state index contributed by atoms with van der Waals surface area (Å²) in [5, 5.41) is 0. The molecule has 3 heteroatoms. The topological polar surface area (TPSA) is 33.5 Å². The van der Waals surface area contributed by atoms with Crippen LogP contribution < -0.4 is 0 Å². The Hall–Kier alpha value is -2.29. The minimum absolute atomic E-state index is 0.138. The molecule has 118 valence electrons. The van der Waals surface area contributed by atoms with Gasteiger partial charge >= 0.3 is 0 Å². The first-order chi connectivity index (χ1) is 11.1. The minimum Gasteiger partial charge on any atom is -0.464 e.